The Morgan fingerprint density at radius 1 is 0.694 bits per heavy atom. The van der Waals surface area contributed by atoms with Crippen LogP contribution in [0, 0.1) is 0 Å². The second-order valence-corrected chi connectivity index (χ2v) is 8.72. The molecule has 0 aliphatic carbocycles. The van der Waals surface area contributed by atoms with Gasteiger partial charge in [-0.2, -0.15) is 0 Å². The van der Waals surface area contributed by atoms with Crippen LogP contribution in [-0.2, 0) is 19.1 Å². The van der Waals surface area contributed by atoms with E-state index in [9.17, 15) is 24.3 Å². The van der Waals surface area contributed by atoms with Gasteiger partial charge in [0.2, 0.25) is 12.2 Å². The molecule has 0 heterocycles. The molecule has 186 valence electrons. The number of halogens is 4. The number of nitrogens with one attached hydrogen (secondary N) is 1. The first-order valence-corrected chi connectivity index (χ1v) is 11.5. The van der Waals surface area contributed by atoms with E-state index in [1.54, 1.807) is 12.1 Å². The van der Waals surface area contributed by atoms with Crippen molar-refractivity contribution in [2.24, 2.45) is 0 Å². The maximum absolute atomic E-state index is 13.1. The average Bonchev–Trinajstić information content (AvgIpc) is 2.83. The summed E-state index contributed by atoms with van der Waals surface area (Å²) in [6.07, 6.45) is -4.43. The second kappa shape index (κ2) is 12.1. The lowest BCUT2D eigenvalue weighted by molar-refractivity contribution is -0.157. The minimum absolute atomic E-state index is 0.0117. The highest BCUT2D eigenvalue weighted by Gasteiger charge is 2.41. The number of rotatable bonds is 8. The summed E-state index contributed by atoms with van der Waals surface area (Å²) < 4.78 is 10.3. The first-order valence-electron chi connectivity index (χ1n) is 9.98. The van der Waals surface area contributed by atoms with Crippen molar-refractivity contribution in [3.05, 3.63) is 97.9 Å². The predicted molar refractivity (Wildman–Crippen MR) is 134 cm³/mol. The van der Waals surface area contributed by atoms with Gasteiger partial charge in [0, 0.05) is 5.02 Å². The number of aliphatic carboxylic acids is 1. The van der Waals surface area contributed by atoms with Crippen LogP contribution >= 0.6 is 46.4 Å². The fourth-order valence-corrected chi connectivity index (χ4v) is 3.78. The van der Waals surface area contributed by atoms with Crippen molar-refractivity contribution in [3.63, 3.8) is 0 Å². The summed E-state index contributed by atoms with van der Waals surface area (Å²) in [4.78, 5) is 50.7. The van der Waals surface area contributed by atoms with Crippen molar-refractivity contribution in [2.75, 3.05) is 5.32 Å². The number of hydrogen-bond acceptors (Lipinski definition) is 6. The molecule has 0 aromatic heterocycles. The maximum Gasteiger partial charge on any atom is 0.349 e. The molecular weight excluding hydrogens is 556 g/mol. The van der Waals surface area contributed by atoms with Gasteiger partial charge in [-0.25, -0.2) is 14.4 Å². The van der Waals surface area contributed by atoms with Crippen LogP contribution in [0.1, 0.15) is 20.7 Å². The molecule has 0 fully saturated rings. The van der Waals surface area contributed by atoms with Gasteiger partial charge in [0.15, 0.2) is 0 Å². The summed E-state index contributed by atoms with van der Waals surface area (Å²) in [5, 5.41) is 12.4. The first kappa shape index (κ1) is 27.3. The van der Waals surface area contributed by atoms with Gasteiger partial charge in [-0.15, -0.1) is 0 Å². The van der Waals surface area contributed by atoms with Crippen LogP contribution in [0.3, 0.4) is 0 Å². The number of anilines is 1. The summed E-state index contributed by atoms with van der Waals surface area (Å²) in [7, 11) is 0. The fraction of sp³-hybridized carbons (Fsp3) is 0.0833. The minimum atomic E-state index is -2.27. The summed E-state index contributed by atoms with van der Waals surface area (Å²) >= 11 is 24.0. The molecule has 36 heavy (non-hydrogen) atoms. The van der Waals surface area contributed by atoms with E-state index in [1.807, 2.05) is 0 Å². The van der Waals surface area contributed by atoms with Gasteiger partial charge < -0.3 is 19.9 Å². The Kier molecular flexibility index (Phi) is 9.17. The lowest BCUT2D eigenvalue weighted by Crippen LogP contribution is -2.48. The maximum atomic E-state index is 13.1. The van der Waals surface area contributed by atoms with Gasteiger partial charge in [0.1, 0.15) is 0 Å². The van der Waals surface area contributed by atoms with Crippen LogP contribution < -0.4 is 5.32 Å². The molecule has 3 aromatic carbocycles. The van der Waals surface area contributed by atoms with Crippen molar-refractivity contribution in [3.8, 4) is 0 Å². The van der Waals surface area contributed by atoms with Gasteiger partial charge in [0.05, 0.1) is 31.9 Å². The Labute approximate surface area is 224 Å². The molecule has 3 rings (SSSR count). The molecule has 0 radical (unpaired) electrons. The number of esters is 2. The third kappa shape index (κ3) is 6.67. The molecule has 0 aliphatic heterocycles. The zero-order valence-electron chi connectivity index (χ0n) is 17.9. The van der Waals surface area contributed by atoms with E-state index in [-0.39, 0.29) is 36.9 Å². The molecule has 0 aliphatic rings. The van der Waals surface area contributed by atoms with E-state index in [0.717, 1.165) is 0 Å². The summed E-state index contributed by atoms with van der Waals surface area (Å²) in [6.45, 7) is 0. The normalized spacial score (nSPS) is 12.2. The predicted octanol–water partition coefficient (Wildman–Crippen LogP) is 5.77. The lowest BCUT2D eigenvalue weighted by Gasteiger charge is -2.24. The van der Waals surface area contributed by atoms with E-state index in [2.05, 4.69) is 5.32 Å². The Bertz CT molecular complexity index is 1330. The van der Waals surface area contributed by atoms with E-state index >= 15 is 0 Å². The van der Waals surface area contributed by atoms with E-state index in [1.165, 1.54) is 54.6 Å². The van der Waals surface area contributed by atoms with Gasteiger partial charge in [0.25, 0.3) is 5.91 Å². The number of carbonyl (C=O) groups is 4. The molecule has 12 heteroatoms. The topological polar surface area (TPSA) is 119 Å². The van der Waals surface area contributed by atoms with Crippen LogP contribution in [0.15, 0.2) is 66.7 Å². The molecule has 0 spiro atoms. The van der Waals surface area contributed by atoms with E-state index < -0.39 is 36.0 Å². The number of ether oxygens (including phenoxy) is 2. The van der Waals surface area contributed by atoms with Crippen LogP contribution in [0.4, 0.5) is 5.69 Å². The fourth-order valence-electron chi connectivity index (χ4n) is 2.90. The Morgan fingerprint density at radius 3 is 1.67 bits per heavy atom. The van der Waals surface area contributed by atoms with Gasteiger partial charge >= 0.3 is 17.9 Å². The van der Waals surface area contributed by atoms with Gasteiger partial charge in [-0.3, -0.25) is 4.79 Å². The number of carbonyl (C=O) groups excluding carboxylic acids is 3. The molecule has 0 saturated heterocycles. The Morgan fingerprint density at radius 2 is 1.19 bits per heavy atom. The lowest BCUT2D eigenvalue weighted by atomic mass is 10.1. The molecule has 0 bridgehead atoms. The zero-order chi connectivity index (χ0) is 26.4. The molecule has 0 unspecified atom stereocenters. The molecule has 2 N–H and O–H groups in total. The molecular formula is C24H15Cl4NO7. The molecule has 2 atom stereocenters. The highest BCUT2D eigenvalue weighted by molar-refractivity contribution is 6.37. The molecule has 3 aromatic rings. The quantitative estimate of drug-likeness (QED) is 0.330. The number of carboxylic acid groups (broad SMARTS) is 1. The summed E-state index contributed by atoms with van der Waals surface area (Å²) in [5.74, 6) is -5.23. The molecule has 1 amide bonds. The number of hydrogen-bond donors (Lipinski definition) is 2. The minimum Gasteiger partial charge on any atom is -0.478 e. The van der Waals surface area contributed by atoms with Gasteiger partial charge in [-0.1, -0.05) is 70.7 Å². The molecule has 8 nitrogen and oxygen atoms in total. The highest BCUT2D eigenvalue weighted by Crippen LogP contribution is 2.27. The van der Waals surface area contributed by atoms with Crippen molar-refractivity contribution in [1.29, 1.82) is 0 Å². The van der Waals surface area contributed by atoms with Crippen LogP contribution in [0.2, 0.25) is 20.1 Å². The number of carboxylic acids is 1. The Hall–Kier alpha value is -3.30. The van der Waals surface area contributed by atoms with Crippen molar-refractivity contribution >= 4 is 75.9 Å². The monoisotopic (exact) mass is 569 g/mol. The third-order valence-corrected chi connectivity index (χ3v) is 5.83. The molecule has 0 saturated carbocycles. The second-order valence-electron chi connectivity index (χ2n) is 7.06. The third-order valence-electron chi connectivity index (χ3n) is 4.62. The number of benzene rings is 3. The average molecular weight is 571 g/mol. The van der Waals surface area contributed by atoms with E-state index in [0.29, 0.717) is 0 Å². The van der Waals surface area contributed by atoms with Crippen LogP contribution in [-0.4, -0.2) is 41.1 Å². The number of amides is 1. The van der Waals surface area contributed by atoms with Crippen molar-refractivity contribution in [1.82, 2.24) is 0 Å². The SMILES string of the molecule is O=C(O[C@H](C(=O)O)[C@@H](OC(=O)c1ccccc1Cl)C(=O)Nc1ccc(Cl)cc1Cl)c1ccccc1Cl. The smallest absolute Gasteiger partial charge is 0.349 e. The summed E-state index contributed by atoms with van der Waals surface area (Å²) in [6, 6.07) is 15.5. The van der Waals surface area contributed by atoms with E-state index in [4.69, 9.17) is 55.9 Å². The Balaban J connectivity index is 1.96. The largest absolute Gasteiger partial charge is 0.478 e. The van der Waals surface area contributed by atoms with Crippen LogP contribution in [0.25, 0.3) is 0 Å². The van der Waals surface area contributed by atoms with Crippen LogP contribution in [0.5, 0.6) is 0 Å². The van der Waals surface area contributed by atoms with Gasteiger partial charge in [-0.05, 0) is 42.5 Å². The van der Waals surface area contributed by atoms with Crippen molar-refractivity contribution in [2.45, 2.75) is 12.2 Å². The zero-order valence-corrected chi connectivity index (χ0v) is 20.9. The highest BCUT2D eigenvalue weighted by atomic mass is 35.5. The standard InChI is InChI=1S/C24H15Cl4NO7/c25-12-9-10-18(17(28)11-12)29-21(30)19(35-23(33)13-5-1-3-7-15(13)26)20(22(31)32)36-24(34)14-6-2-4-8-16(14)27/h1-11,19-20H,(H,29,30)(H,31,32)/t19-,20+/m1/s1. The van der Waals surface area contributed by atoms with Crippen molar-refractivity contribution < 1.29 is 33.8 Å². The first-order chi connectivity index (χ1) is 17.1. The summed E-state index contributed by atoms with van der Waals surface area (Å²) in [5.41, 5.74) is -0.280.